The second-order valence-electron chi connectivity index (χ2n) is 3.72. The van der Waals surface area contributed by atoms with Gasteiger partial charge < -0.3 is 9.64 Å². The molecular formula is C12H14N2O. The number of anilines is 1. The Morgan fingerprint density at radius 1 is 1.47 bits per heavy atom. The van der Waals surface area contributed by atoms with Crippen molar-refractivity contribution in [3.05, 3.63) is 29.8 Å². The van der Waals surface area contributed by atoms with E-state index in [9.17, 15) is 0 Å². The van der Waals surface area contributed by atoms with E-state index >= 15 is 0 Å². The van der Waals surface area contributed by atoms with Crippen LogP contribution in [0.2, 0.25) is 0 Å². The maximum Gasteiger partial charge on any atom is 0.101 e. The molecule has 78 valence electrons. The Hall–Kier alpha value is -1.53. The monoisotopic (exact) mass is 202 g/mol. The second kappa shape index (κ2) is 4.33. The number of methoxy groups -OCH3 is 1. The van der Waals surface area contributed by atoms with E-state index in [0.29, 0.717) is 6.10 Å². The minimum absolute atomic E-state index is 0.303. The van der Waals surface area contributed by atoms with Gasteiger partial charge in [0.2, 0.25) is 0 Å². The van der Waals surface area contributed by atoms with Crippen molar-refractivity contribution in [2.24, 2.45) is 0 Å². The third-order valence-corrected chi connectivity index (χ3v) is 2.84. The smallest absolute Gasteiger partial charge is 0.101 e. The molecule has 0 saturated carbocycles. The van der Waals surface area contributed by atoms with Crippen molar-refractivity contribution < 1.29 is 4.74 Å². The van der Waals surface area contributed by atoms with Gasteiger partial charge in [0.15, 0.2) is 0 Å². The van der Waals surface area contributed by atoms with E-state index in [4.69, 9.17) is 10.00 Å². The molecule has 2 rings (SSSR count). The number of rotatable bonds is 2. The Bertz CT molecular complexity index is 383. The minimum atomic E-state index is 0.303. The third kappa shape index (κ3) is 1.95. The lowest BCUT2D eigenvalue weighted by Crippen LogP contribution is -2.22. The van der Waals surface area contributed by atoms with Gasteiger partial charge in [-0.05, 0) is 18.6 Å². The maximum absolute atomic E-state index is 8.99. The molecule has 1 aromatic rings. The molecular weight excluding hydrogens is 188 g/mol. The normalized spacial score (nSPS) is 20.3. The summed E-state index contributed by atoms with van der Waals surface area (Å²) in [6.45, 7) is 1.85. The number of nitrogens with zero attached hydrogens (tertiary/aromatic N) is 2. The van der Waals surface area contributed by atoms with E-state index in [1.807, 2.05) is 24.3 Å². The standard InChI is InChI=1S/C12H14N2O/c1-15-11-6-7-14(9-11)12-5-3-2-4-10(12)8-13/h2-5,11H,6-7,9H2,1H3. The van der Waals surface area contributed by atoms with E-state index in [-0.39, 0.29) is 0 Å². The summed E-state index contributed by atoms with van der Waals surface area (Å²) in [4.78, 5) is 2.22. The van der Waals surface area contributed by atoms with Gasteiger partial charge in [-0.2, -0.15) is 5.26 Å². The Kier molecular flexibility index (Phi) is 2.89. The van der Waals surface area contributed by atoms with Gasteiger partial charge in [-0.15, -0.1) is 0 Å². The molecule has 1 atom stereocenters. The molecule has 1 aliphatic rings. The molecule has 0 spiro atoms. The summed E-state index contributed by atoms with van der Waals surface area (Å²) in [6.07, 6.45) is 1.34. The molecule has 1 saturated heterocycles. The largest absolute Gasteiger partial charge is 0.380 e. The number of hydrogen-bond acceptors (Lipinski definition) is 3. The summed E-state index contributed by atoms with van der Waals surface area (Å²) >= 11 is 0. The first kappa shape index (κ1) is 10.0. The van der Waals surface area contributed by atoms with Crippen molar-refractivity contribution in [3.8, 4) is 6.07 Å². The number of hydrogen-bond donors (Lipinski definition) is 0. The SMILES string of the molecule is COC1CCN(c2ccccc2C#N)C1. The predicted octanol–water partition coefficient (Wildman–Crippen LogP) is 1.78. The quantitative estimate of drug-likeness (QED) is 0.733. The fourth-order valence-electron chi connectivity index (χ4n) is 1.98. The number of benzene rings is 1. The van der Waals surface area contributed by atoms with E-state index in [1.165, 1.54) is 0 Å². The number of ether oxygens (including phenoxy) is 1. The molecule has 0 bridgehead atoms. The van der Waals surface area contributed by atoms with Gasteiger partial charge in [-0.25, -0.2) is 0 Å². The van der Waals surface area contributed by atoms with E-state index in [1.54, 1.807) is 7.11 Å². The minimum Gasteiger partial charge on any atom is -0.380 e. The molecule has 1 heterocycles. The zero-order chi connectivity index (χ0) is 10.7. The summed E-state index contributed by atoms with van der Waals surface area (Å²) in [5.41, 5.74) is 1.77. The van der Waals surface area contributed by atoms with Gasteiger partial charge in [0.25, 0.3) is 0 Å². The van der Waals surface area contributed by atoms with Gasteiger partial charge in [0.05, 0.1) is 17.4 Å². The van der Waals surface area contributed by atoms with Gasteiger partial charge in [-0.1, -0.05) is 12.1 Å². The predicted molar refractivity (Wildman–Crippen MR) is 58.8 cm³/mol. The van der Waals surface area contributed by atoms with Crippen molar-refractivity contribution in [2.75, 3.05) is 25.1 Å². The lowest BCUT2D eigenvalue weighted by molar-refractivity contribution is 0.121. The summed E-state index contributed by atoms with van der Waals surface area (Å²) in [5, 5.41) is 8.99. The molecule has 15 heavy (non-hydrogen) atoms. The third-order valence-electron chi connectivity index (χ3n) is 2.84. The molecule has 1 aliphatic heterocycles. The topological polar surface area (TPSA) is 36.3 Å². The molecule has 0 aliphatic carbocycles. The van der Waals surface area contributed by atoms with E-state index < -0.39 is 0 Å². The molecule has 0 N–H and O–H groups in total. The first-order valence-corrected chi connectivity index (χ1v) is 5.12. The van der Waals surface area contributed by atoms with E-state index in [2.05, 4.69) is 11.0 Å². The van der Waals surface area contributed by atoms with Crippen LogP contribution in [0, 0.1) is 11.3 Å². The van der Waals surface area contributed by atoms with Crippen LogP contribution in [0.1, 0.15) is 12.0 Å². The summed E-state index contributed by atoms with van der Waals surface area (Å²) < 4.78 is 5.31. The van der Waals surface area contributed by atoms with Crippen molar-refractivity contribution in [1.82, 2.24) is 0 Å². The highest BCUT2D eigenvalue weighted by atomic mass is 16.5. The van der Waals surface area contributed by atoms with Crippen LogP contribution < -0.4 is 4.90 Å². The molecule has 0 aromatic heterocycles. The number of nitriles is 1. The Balaban J connectivity index is 2.20. The molecule has 3 heteroatoms. The highest BCUT2D eigenvalue weighted by Crippen LogP contribution is 2.24. The first-order chi connectivity index (χ1) is 7.35. The lowest BCUT2D eigenvalue weighted by Gasteiger charge is -2.19. The zero-order valence-corrected chi connectivity index (χ0v) is 8.81. The van der Waals surface area contributed by atoms with Crippen LogP contribution in [0.25, 0.3) is 0 Å². The summed E-state index contributed by atoms with van der Waals surface area (Å²) in [5.74, 6) is 0. The van der Waals surface area contributed by atoms with Crippen LogP contribution in [0.3, 0.4) is 0 Å². The molecule has 1 fully saturated rings. The summed E-state index contributed by atoms with van der Waals surface area (Å²) in [6, 6.07) is 9.94. The van der Waals surface area contributed by atoms with Crippen molar-refractivity contribution >= 4 is 5.69 Å². The van der Waals surface area contributed by atoms with Crippen LogP contribution >= 0.6 is 0 Å². The van der Waals surface area contributed by atoms with Crippen molar-refractivity contribution in [1.29, 1.82) is 5.26 Å². The Morgan fingerprint density at radius 2 is 2.27 bits per heavy atom. The van der Waals surface area contributed by atoms with Gasteiger partial charge in [0.1, 0.15) is 6.07 Å². The van der Waals surface area contributed by atoms with Gasteiger partial charge in [0, 0.05) is 20.2 Å². The van der Waals surface area contributed by atoms with Gasteiger partial charge in [-0.3, -0.25) is 0 Å². The molecule has 1 aromatic carbocycles. The highest BCUT2D eigenvalue weighted by Gasteiger charge is 2.23. The van der Waals surface area contributed by atoms with E-state index in [0.717, 1.165) is 30.8 Å². The second-order valence-corrected chi connectivity index (χ2v) is 3.72. The first-order valence-electron chi connectivity index (χ1n) is 5.12. The fraction of sp³-hybridized carbons (Fsp3) is 0.417. The average molecular weight is 202 g/mol. The van der Waals surface area contributed by atoms with Gasteiger partial charge >= 0.3 is 0 Å². The van der Waals surface area contributed by atoms with Crippen molar-refractivity contribution in [2.45, 2.75) is 12.5 Å². The highest BCUT2D eigenvalue weighted by molar-refractivity contribution is 5.59. The molecule has 3 nitrogen and oxygen atoms in total. The fourth-order valence-corrected chi connectivity index (χ4v) is 1.98. The molecule has 1 unspecified atom stereocenters. The molecule has 0 amide bonds. The Labute approximate surface area is 89.9 Å². The molecule has 0 radical (unpaired) electrons. The van der Waals surface area contributed by atoms with Crippen molar-refractivity contribution in [3.63, 3.8) is 0 Å². The van der Waals surface area contributed by atoms with Crippen LogP contribution in [0.4, 0.5) is 5.69 Å². The van der Waals surface area contributed by atoms with Crippen LogP contribution in [-0.2, 0) is 4.74 Å². The summed E-state index contributed by atoms with van der Waals surface area (Å²) in [7, 11) is 1.74. The van der Waals surface area contributed by atoms with Crippen LogP contribution in [-0.4, -0.2) is 26.3 Å². The Morgan fingerprint density at radius 3 is 2.93 bits per heavy atom. The maximum atomic E-state index is 8.99. The zero-order valence-electron chi connectivity index (χ0n) is 8.81. The average Bonchev–Trinajstić information content (AvgIpc) is 2.77. The lowest BCUT2D eigenvalue weighted by atomic mass is 10.2. The van der Waals surface area contributed by atoms with Crippen LogP contribution in [0.5, 0.6) is 0 Å². The van der Waals surface area contributed by atoms with Crippen LogP contribution in [0.15, 0.2) is 24.3 Å². The number of para-hydroxylation sites is 1.